The van der Waals surface area contributed by atoms with Crippen molar-refractivity contribution in [1.29, 1.82) is 0 Å². The Kier molecular flexibility index (Phi) is 5.16. The highest BCUT2D eigenvalue weighted by Gasteiger charge is 2.56. The summed E-state index contributed by atoms with van der Waals surface area (Å²) in [6.07, 6.45) is -1.15. The van der Waals surface area contributed by atoms with Gasteiger partial charge in [-0.05, 0) is 24.6 Å². The van der Waals surface area contributed by atoms with Crippen LogP contribution in [-0.2, 0) is 14.3 Å². The summed E-state index contributed by atoms with van der Waals surface area (Å²) < 4.78 is 18.4. The molecule has 2 fully saturated rings. The zero-order valence-corrected chi connectivity index (χ0v) is 16.9. The van der Waals surface area contributed by atoms with Crippen LogP contribution >= 0.6 is 0 Å². The van der Waals surface area contributed by atoms with Gasteiger partial charge in [-0.25, -0.2) is 14.1 Å². The fraction of sp³-hybridized carbons (Fsp3) is 0.474. The minimum Gasteiger partial charge on any atom is -0.465 e. The lowest BCUT2D eigenvalue weighted by molar-refractivity contribution is -0.146. The number of carbonyl (C=O) groups is 3. The fourth-order valence-corrected chi connectivity index (χ4v) is 4.03. The number of fused-ring (bicyclic) bond motifs is 3. The number of halogens is 1. The smallest absolute Gasteiger partial charge is 0.327 e. The van der Waals surface area contributed by atoms with Crippen LogP contribution in [0.2, 0.25) is 0 Å². The number of esters is 1. The van der Waals surface area contributed by atoms with Gasteiger partial charge in [-0.2, -0.15) is 5.10 Å². The molecule has 0 aromatic heterocycles. The van der Waals surface area contributed by atoms with E-state index >= 15 is 0 Å². The van der Waals surface area contributed by atoms with Gasteiger partial charge in [0.2, 0.25) is 0 Å². The Morgan fingerprint density at radius 3 is 2.63 bits per heavy atom. The van der Waals surface area contributed by atoms with Crippen molar-refractivity contribution >= 4 is 23.6 Å². The topological polar surface area (TPSA) is 97.8 Å². The third kappa shape index (κ3) is 3.29. The normalized spacial score (nSPS) is 26.5. The molecule has 3 atom stereocenters. The molecule has 160 valence electrons. The van der Waals surface area contributed by atoms with Crippen molar-refractivity contribution in [3.8, 4) is 0 Å². The van der Waals surface area contributed by atoms with E-state index in [4.69, 9.17) is 4.74 Å². The highest BCUT2D eigenvalue weighted by atomic mass is 19.1. The van der Waals surface area contributed by atoms with Crippen LogP contribution in [0.5, 0.6) is 0 Å². The summed E-state index contributed by atoms with van der Waals surface area (Å²) in [5, 5.41) is 9.33. The summed E-state index contributed by atoms with van der Waals surface area (Å²) in [7, 11) is 3.06. The molecule has 3 aliphatic rings. The van der Waals surface area contributed by atoms with Gasteiger partial charge in [-0.3, -0.25) is 24.8 Å². The number of likely N-dealkylation sites (N-methyl/N-ethyl adjacent to an activating group) is 2. The van der Waals surface area contributed by atoms with Crippen molar-refractivity contribution in [2.24, 2.45) is 5.10 Å². The summed E-state index contributed by atoms with van der Waals surface area (Å²) in [4.78, 5) is 41.9. The van der Waals surface area contributed by atoms with Gasteiger partial charge in [-0.15, -0.1) is 0 Å². The van der Waals surface area contributed by atoms with E-state index in [1.165, 1.54) is 29.1 Å². The largest absolute Gasteiger partial charge is 0.465 e. The number of urea groups is 1. The van der Waals surface area contributed by atoms with Crippen molar-refractivity contribution in [1.82, 2.24) is 25.0 Å². The zero-order chi connectivity index (χ0) is 21.6. The average Bonchev–Trinajstić information content (AvgIpc) is 3.11. The SMILES string of the molecule is CCOC(=O)CN1N=C(c2ccc(F)cc2)CN2C3C(=O)N(C)C(=O)N(C)C3NC12. The summed E-state index contributed by atoms with van der Waals surface area (Å²) in [6.45, 7) is 2.08. The number of imide groups is 1. The van der Waals surface area contributed by atoms with Gasteiger partial charge in [0.15, 0.2) is 6.29 Å². The number of ether oxygens (including phenoxy) is 1. The molecule has 0 bridgehead atoms. The highest BCUT2D eigenvalue weighted by Crippen LogP contribution is 2.30. The minimum absolute atomic E-state index is 0.145. The molecule has 3 amide bonds. The third-order valence-electron chi connectivity index (χ3n) is 5.52. The molecule has 3 unspecified atom stereocenters. The molecule has 3 heterocycles. The standard InChI is InChI=1S/C19H23FN6O4/c1-4-30-14(27)10-26-18-21-16-15(17(28)24(3)19(29)23(16)2)25(18)9-13(22-26)11-5-7-12(20)8-6-11/h5-8,15-16,18,21H,4,9-10H2,1-3H3. The molecule has 10 nitrogen and oxygen atoms in total. The summed E-state index contributed by atoms with van der Waals surface area (Å²) in [6, 6.07) is 4.79. The van der Waals surface area contributed by atoms with Crippen LogP contribution < -0.4 is 5.32 Å². The number of amides is 3. The van der Waals surface area contributed by atoms with E-state index in [0.29, 0.717) is 11.3 Å². The van der Waals surface area contributed by atoms with Crippen LogP contribution in [0.1, 0.15) is 12.5 Å². The first-order valence-electron chi connectivity index (χ1n) is 9.63. The maximum absolute atomic E-state index is 13.4. The van der Waals surface area contributed by atoms with Gasteiger partial charge < -0.3 is 9.64 Å². The van der Waals surface area contributed by atoms with Gasteiger partial charge in [0, 0.05) is 20.6 Å². The van der Waals surface area contributed by atoms with Crippen LogP contribution in [-0.4, -0.2) is 95.6 Å². The van der Waals surface area contributed by atoms with E-state index < -0.39 is 30.5 Å². The number of hydrogen-bond donors (Lipinski definition) is 1. The maximum atomic E-state index is 13.4. The van der Waals surface area contributed by atoms with E-state index in [1.54, 1.807) is 26.1 Å². The average molecular weight is 418 g/mol. The second-order valence-corrected chi connectivity index (χ2v) is 7.35. The summed E-state index contributed by atoms with van der Waals surface area (Å²) >= 11 is 0. The summed E-state index contributed by atoms with van der Waals surface area (Å²) in [5.74, 6) is -1.18. The Hall–Kier alpha value is -3.05. The van der Waals surface area contributed by atoms with Crippen molar-refractivity contribution < 1.29 is 23.5 Å². The lowest BCUT2D eigenvalue weighted by Gasteiger charge is -2.41. The van der Waals surface area contributed by atoms with Crippen molar-refractivity contribution in [2.45, 2.75) is 25.4 Å². The molecule has 2 saturated heterocycles. The number of carbonyl (C=O) groups excluding carboxylic acids is 3. The van der Waals surface area contributed by atoms with Crippen molar-refractivity contribution in [3.63, 3.8) is 0 Å². The van der Waals surface area contributed by atoms with Gasteiger partial charge >= 0.3 is 12.0 Å². The molecule has 3 aliphatic heterocycles. The van der Waals surface area contributed by atoms with Gasteiger partial charge in [0.05, 0.1) is 12.3 Å². The van der Waals surface area contributed by atoms with Crippen LogP contribution in [0.4, 0.5) is 9.18 Å². The van der Waals surface area contributed by atoms with E-state index in [2.05, 4.69) is 10.4 Å². The number of nitrogens with one attached hydrogen (secondary N) is 1. The quantitative estimate of drug-likeness (QED) is 0.678. The Balaban J connectivity index is 1.70. The van der Waals surface area contributed by atoms with Gasteiger partial charge in [0.25, 0.3) is 5.91 Å². The first-order valence-corrected chi connectivity index (χ1v) is 9.63. The molecular formula is C19H23FN6O4. The molecule has 0 spiro atoms. The van der Waals surface area contributed by atoms with E-state index in [-0.39, 0.29) is 31.4 Å². The van der Waals surface area contributed by atoms with Crippen molar-refractivity contribution in [3.05, 3.63) is 35.6 Å². The predicted molar refractivity (Wildman–Crippen MR) is 103 cm³/mol. The van der Waals surface area contributed by atoms with E-state index in [9.17, 15) is 18.8 Å². The third-order valence-corrected chi connectivity index (χ3v) is 5.52. The maximum Gasteiger partial charge on any atom is 0.327 e. The number of nitrogens with zero attached hydrogens (tertiary/aromatic N) is 5. The molecule has 0 radical (unpaired) electrons. The number of benzene rings is 1. The molecule has 0 aliphatic carbocycles. The second kappa shape index (κ2) is 7.65. The van der Waals surface area contributed by atoms with Gasteiger partial charge in [-0.1, -0.05) is 12.1 Å². The van der Waals surface area contributed by atoms with Crippen LogP contribution in [0.3, 0.4) is 0 Å². The number of hydrazone groups is 1. The molecule has 30 heavy (non-hydrogen) atoms. The molecule has 1 N–H and O–H groups in total. The van der Waals surface area contributed by atoms with Crippen LogP contribution in [0.25, 0.3) is 0 Å². The Labute approximate surface area is 172 Å². The monoisotopic (exact) mass is 418 g/mol. The van der Waals surface area contributed by atoms with Crippen molar-refractivity contribution in [2.75, 3.05) is 33.8 Å². The molecule has 0 saturated carbocycles. The molecular weight excluding hydrogens is 395 g/mol. The first-order chi connectivity index (χ1) is 14.3. The fourth-order valence-electron chi connectivity index (χ4n) is 4.03. The highest BCUT2D eigenvalue weighted by molar-refractivity contribution is 6.04. The summed E-state index contributed by atoms with van der Waals surface area (Å²) in [5.41, 5.74) is 1.25. The molecule has 4 rings (SSSR count). The predicted octanol–water partition coefficient (Wildman–Crippen LogP) is -0.184. The van der Waals surface area contributed by atoms with E-state index in [0.717, 1.165) is 4.90 Å². The second-order valence-electron chi connectivity index (χ2n) is 7.35. The lowest BCUT2D eigenvalue weighted by Crippen LogP contribution is -2.65. The van der Waals surface area contributed by atoms with Crippen LogP contribution in [0, 0.1) is 5.82 Å². The first kappa shape index (κ1) is 20.2. The molecule has 1 aromatic rings. The Morgan fingerprint density at radius 1 is 1.27 bits per heavy atom. The lowest BCUT2D eigenvalue weighted by atomic mass is 10.1. The van der Waals surface area contributed by atoms with E-state index in [1.807, 2.05) is 4.90 Å². The molecule has 1 aromatic carbocycles. The molecule has 11 heteroatoms. The van der Waals surface area contributed by atoms with Gasteiger partial charge in [0.1, 0.15) is 24.6 Å². The zero-order valence-electron chi connectivity index (χ0n) is 16.9. The van der Waals surface area contributed by atoms with Crippen LogP contribution in [0.15, 0.2) is 29.4 Å². The Bertz CT molecular complexity index is 907. The minimum atomic E-state index is -0.654. The number of hydrogen-bond acceptors (Lipinski definition) is 8. The Morgan fingerprint density at radius 2 is 1.97 bits per heavy atom. The number of rotatable bonds is 4.